The van der Waals surface area contributed by atoms with Gasteiger partial charge in [0, 0.05) is 37.9 Å². The van der Waals surface area contributed by atoms with Gasteiger partial charge in [-0.15, -0.1) is 0 Å². The largest absolute Gasteiger partial charge is 0.461 e. The van der Waals surface area contributed by atoms with Crippen LogP contribution in [0.4, 0.5) is 5.82 Å². The van der Waals surface area contributed by atoms with Gasteiger partial charge < -0.3 is 19.0 Å². The Kier molecular flexibility index (Phi) is 5.74. The molecule has 8 nitrogen and oxygen atoms in total. The van der Waals surface area contributed by atoms with E-state index in [9.17, 15) is 9.59 Å². The molecule has 0 radical (unpaired) electrons. The number of ether oxygens (including phenoxy) is 1. The summed E-state index contributed by atoms with van der Waals surface area (Å²) in [5.41, 5.74) is 1.05. The molecule has 1 amide bonds. The maximum absolute atomic E-state index is 13.3. The van der Waals surface area contributed by atoms with E-state index in [0.717, 1.165) is 5.82 Å². The van der Waals surface area contributed by atoms with Gasteiger partial charge in [0.25, 0.3) is 5.91 Å². The van der Waals surface area contributed by atoms with Crippen molar-refractivity contribution >= 4 is 17.7 Å². The molecule has 1 aliphatic rings. The van der Waals surface area contributed by atoms with Crippen LogP contribution in [0.2, 0.25) is 0 Å². The van der Waals surface area contributed by atoms with Crippen LogP contribution in [0.1, 0.15) is 27.8 Å². The molecule has 3 heterocycles. The smallest absolute Gasteiger partial charge is 0.360 e. The lowest BCUT2D eigenvalue weighted by Crippen LogP contribution is -2.49. The third kappa shape index (κ3) is 3.89. The minimum absolute atomic E-state index is 0.0667. The van der Waals surface area contributed by atoms with E-state index in [1.54, 1.807) is 42.3 Å². The Morgan fingerprint density at radius 1 is 1.03 bits per heavy atom. The Bertz CT molecular complexity index is 1030. The van der Waals surface area contributed by atoms with Gasteiger partial charge in [-0.3, -0.25) is 4.79 Å². The quantitative estimate of drug-likeness (QED) is 0.602. The third-order valence-electron chi connectivity index (χ3n) is 4.98. The lowest BCUT2D eigenvalue weighted by atomic mass is 10.0. The summed E-state index contributed by atoms with van der Waals surface area (Å²) in [6.45, 7) is 4.49. The van der Waals surface area contributed by atoms with Crippen LogP contribution in [0.15, 0.2) is 59.5 Å². The molecule has 0 aliphatic carbocycles. The van der Waals surface area contributed by atoms with Gasteiger partial charge in [-0.25, -0.2) is 14.8 Å². The fourth-order valence-corrected chi connectivity index (χ4v) is 3.50. The van der Waals surface area contributed by atoms with Crippen molar-refractivity contribution in [2.24, 2.45) is 0 Å². The summed E-state index contributed by atoms with van der Waals surface area (Å²) < 4.78 is 10.5. The summed E-state index contributed by atoms with van der Waals surface area (Å²) in [6, 6.07) is 12.9. The minimum Gasteiger partial charge on any atom is -0.461 e. The van der Waals surface area contributed by atoms with Crippen LogP contribution >= 0.6 is 0 Å². The second-order valence-corrected chi connectivity index (χ2v) is 6.76. The van der Waals surface area contributed by atoms with Gasteiger partial charge in [-0.05, 0) is 25.1 Å². The van der Waals surface area contributed by atoms with Crippen LogP contribution in [-0.4, -0.2) is 59.5 Å². The summed E-state index contributed by atoms with van der Waals surface area (Å²) in [7, 11) is 0. The Hall–Kier alpha value is -3.68. The second kappa shape index (κ2) is 8.77. The molecule has 0 N–H and O–H groups in total. The first-order valence-corrected chi connectivity index (χ1v) is 9.84. The average Bonchev–Trinajstić information content (AvgIpc) is 3.29. The Balaban J connectivity index is 1.54. The predicted octanol–water partition coefficient (Wildman–Crippen LogP) is 2.88. The van der Waals surface area contributed by atoms with E-state index in [1.165, 1.54) is 6.39 Å². The Morgan fingerprint density at radius 3 is 2.53 bits per heavy atom. The van der Waals surface area contributed by atoms with Crippen LogP contribution < -0.4 is 4.90 Å². The molecule has 2 aromatic heterocycles. The number of aromatic nitrogens is 2. The molecule has 3 aromatic rings. The molecule has 8 heteroatoms. The van der Waals surface area contributed by atoms with E-state index in [0.29, 0.717) is 37.3 Å². The molecule has 0 unspecified atom stereocenters. The number of rotatable bonds is 5. The van der Waals surface area contributed by atoms with Gasteiger partial charge in [-0.1, -0.05) is 24.3 Å². The van der Waals surface area contributed by atoms with Crippen molar-refractivity contribution in [2.45, 2.75) is 6.92 Å². The van der Waals surface area contributed by atoms with Crippen LogP contribution in [0, 0.1) is 0 Å². The Morgan fingerprint density at radius 2 is 1.80 bits per heavy atom. The third-order valence-corrected chi connectivity index (χ3v) is 4.98. The second-order valence-electron chi connectivity index (χ2n) is 6.76. The number of anilines is 1. The number of carbonyl (C=O) groups excluding carboxylic acids is 2. The Labute approximate surface area is 174 Å². The lowest BCUT2D eigenvalue weighted by Gasteiger charge is -2.35. The number of hydrogen-bond donors (Lipinski definition) is 0. The average molecular weight is 406 g/mol. The lowest BCUT2D eigenvalue weighted by molar-refractivity contribution is 0.0520. The maximum Gasteiger partial charge on any atom is 0.360 e. The minimum atomic E-state index is -0.576. The van der Waals surface area contributed by atoms with E-state index < -0.39 is 5.97 Å². The van der Waals surface area contributed by atoms with E-state index in [-0.39, 0.29) is 24.0 Å². The van der Waals surface area contributed by atoms with Gasteiger partial charge >= 0.3 is 5.97 Å². The van der Waals surface area contributed by atoms with Gasteiger partial charge in [0.2, 0.25) is 0 Å². The van der Waals surface area contributed by atoms with Crippen molar-refractivity contribution in [3.05, 3.63) is 66.3 Å². The van der Waals surface area contributed by atoms with Crippen molar-refractivity contribution in [3.63, 3.8) is 0 Å². The first-order chi connectivity index (χ1) is 14.7. The number of esters is 1. The summed E-state index contributed by atoms with van der Waals surface area (Å²) in [6.07, 6.45) is 2.95. The fourth-order valence-electron chi connectivity index (χ4n) is 3.50. The van der Waals surface area contributed by atoms with Gasteiger partial charge in [0.1, 0.15) is 5.82 Å². The highest BCUT2D eigenvalue weighted by molar-refractivity contribution is 6.03. The van der Waals surface area contributed by atoms with Gasteiger partial charge in [-0.2, -0.15) is 0 Å². The highest BCUT2D eigenvalue weighted by Gasteiger charge is 2.27. The summed E-state index contributed by atoms with van der Waals surface area (Å²) in [4.78, 5) is 37.8. The number of carbonyl (C=O) groups is 2. The number of nitrogens with zero attached hydrogens (tertiary/aromatic N) is 4. The molecule has 1 fully saturated rings. The number of benzene rings is 1. The first kappa shape index (κ1) is 19.6. The highest BCUT2D eigenvalue weighted by Crippen LogP contribution is 2.28. The summed E-state index contributed by atoms with van der Waals surface area (Å²) >= 11 is 0. The zero-order chi connectivity index (χ0) is 20.9. The molecule has 0 atom stereocenters. The number of hydrogen-bond acceptors (Lipinski definition) is 7. The van der Waals surface area contributed by atoms with Gasteiger partial charge in [0.15, 0.2) is 17.8 Å². The zero-order valence-electron chi connectivity index (χ0n) is 16.7. The van der Waals surface area contributed by atoms with Crippen LogP contribution in [0.3, 0.4) is 0 Å². The summed E-state index contributed by atoms with van der Waals surface area (Å²) in [5.74, 6) is 0.459. The van der Waals surface area contributed by atoms with Crippen molar-refractivity contribution in [1.29, 1.82) is 0 Å². The fraction of sp³-hybridized carbons (Fsp3) is 0.273. The topological polar surface area (TPSA) is 88.8 Å². The normalized spacial score (nSPS) is 13.9. The number of oxazole rings is 1. The van der Waals surface area contributed by atoms with E-state index in [1.807, 2.05) is 18.2 Å². The number of pyridine rings is 1. The van der Waals surface area contributed by atoms with Crippen molar-refractivity contribution in [1.82, 2.24) is 14.9 Å². The van der Waals surface area contributed by atoms with Crippen molar-refractivity contribution < 1.29 is 18.7 Å². The van der Waals surface area contributed by atoms with E-state index in [2.05, 4.69) is 14.9 Å². The molecule has 30 heavy (non-hydrogen) atoms. The molecule has 1 saturated heterocycles. The number of amides is 1. The van der Waals surface area contributed by atoms with Crippen LogP contribution in [0.25, 0.3) is 11.3 Å². The van der Waals surface area contributed by atoms with E-state index in [4.69, 9.17) is 9.15 Å². The zero-order valence-corrected chi connectivity index (χ0v) is 16.7. The maximum atomic E-state index is 13.3. The van der Waals surface area contributed by atoms with Crippen LogP contribution in [0.5, 0.6) is 0 Å². The van der Waals surface area contributed by atoms with E-state index >= 15 is 0 Å². The standard InChI is InChI=1S/C22H22N4O4/c1-2-29-22(28)19-20(30-15-24-19)16-7-3-4-8-17(16)21(27)26-13-11-25(12-14-26)18-9-5-6-10-23-18/h3-10,15H,2,11-14H2,1H3. The monoisotopic (exact) mass is 406 g/mol. The predicted molar refractivity (Wildman–Crippen MR) is 110 cm³/mol. The molecule has 1 aromatic carbocycles. The number of piperazine rings is 1. The molecule has 0 bridgehead atoms. The van der Waals surface area contributed by atoms with Crippen molar-refractivity contribution in [3.8, 4) is 11.3 Å². The molecule has 4 rings (SSSR count). The molecular formula is C22H22N4O4. The van der Waals surface area contributed by atoms with Crippen LogP contribution in [-0.2, 0) is 4.74 Å². The molecule has 1 aliphatic heterocycles. The SMILES string of the molecule is CCOC(=O)c1ncoc1-c1ccccc1C(=O)N1CCN(c2ccccn2)CC1. The molecule has 0 spiro atoms. The molecular weight excluding hydrogens is 384 g/mol. The van der Waals surface area contributed by atoms with Gasteiger partial charge in [0.05, 0.1) is 12.2 Å². The first-order valence-electron chi connectivity index (χ1n) is 9.84. The highest BCUT2D eigenvalue weighted by atomic mass is 16.5. The molecule has 154 valence electrons. The van der Waals surface area contributed by atoms with Crippen molar-refractivity contribution in [2.75, 3.05) is 37.7 Å². The molecule has 0 saturated carbocycles. The summed E-state index contributed by atoms with van der Waals surface area (Å²) in [5, 5.41) is 0.